The van der Waals surface area contributed by atoms with Crippen molar-refractivity contribution in [1.29, 1.82) is 0 Å². The molecule has 3 rings (SSSR count). The highest BCUT2D eigenvalue weighted by Crippen LogP contribution is 2.15. The van der Waals surface area contributed by atoms with E-state index in [1.54, 1.807) is 7.05 Å². The van der Waals surface area contributed by atoms with Gasteiger partial charge in [-0.15, -0.1) is 11.3 Å². The number of guanidine groups is 1. The fraction of sp³-hybridized carbons (Fsp3) is 0.455. The Morgan fingerprint density at radius 2 is 2.11 bits per heavy atom. The van der Waals surface area contributed by atoms with Gasteiger partial charge >= 0.3 is 0 Å². The number of nitrogens with one attached hydrogen (secondary N) is 2. The van der Waals surface area contributed by atoms with Crippen LogP contribution < -0.4 is 10.6 Å². The molecular formula is C22H30N4OS. The van der Waals surface area contributed by atoms with Gasteiger partial charge < -0.3 is 15.5 Å². The Morgan fingerprint density at radius 1 is 1.25 bits per heavy atom. The van der Waals surface area contributed by atoms with Crippen molar-refractivity contribution in [3.8, 4) is 0 Å². The zero-order valence-corrected chi connectivity index (χ0v) is 17.6. The number of hydrogen-bond acceptors (Lipinski definition) is 3. The molecule has 1 aliphatic rings. The maximum atomic E-state index is 11.8. The highest BCUT2D eigenvalue weighted by Gasteiger charge is 2.19. The lowest BCUT2D eigenvalue weighted by Crippen LogP contribution is -2.39. The van der Waals surface area contributed by atoms with Crippen LogP contribution in [-0.2, 0) is 24.3 Å². The van der Waals surface area contributed by atoms with Crippen molar-refractivity contribution in [2.24, 2.45) is 10.9 Å². The molecule has 1 unspecified atom stereocenters. The van der Waals surface area contributed by atoms with Crippen molar-refractivity contribution in [3.05, 3.63) is 57.8 Å². The Hall–Kier alpha value is -2.34. The van der Waals surface area contributed by atoms with E-state index in [1.165, 1.54) is 16.0 Å². The van der Waals surface area contributed by atoms with E-state index in [4.69, 9.17) is 0 Å². The topological polar surface area (TPSA) is 56.7 Å². The number of carbonyl (C=O) groups excluding carboxylic acids is 1. The first-order valence-corrected chi connectivity index (χ1v) is 10.8. The van der Waals surface area contributed by atoms with E-state index in [9.17, 15) is 4.79 Å². The second kappa shape index (κ2) is 10.3. The minimum atomic E-state index is 0.268. The molecule has 2 N–H and O–H groups in total. The fourth-order valence-electron chi connectivity index (χ4n) is 3.45. The van der Waals surface area contributed by atoms with Crippen molar-refractivity contribution in [2.45, 2.75) is 39.3 Å². The summed E-state index contributed by atoms with van der Waals surface area (Å²) in [5, 5.41) is 8.94. The van der Waals surface area contributed by atoms with Crippen molar-refractivity contribution in [2.75, 3.05) is 20.1 Å². The Balaban J connectivity index is 1.45. The summed E-state index contributed by atoms with van der Waals surface area (Å²) in [6.07, 6.45) is 2.75. The molecule has 0 saturated carbocycles. The first-order valence-electron chi connectivity index (χ1n) is 9.96. The number of likely N-dealkylation sites (tertiary alicyclic amines) is 1. The lowest BCUT2D eigenvalue weighted by atomic mass is 10.1. The van der Waals surface area contributed by atoms with E-state index < -0.39 is 0 Å². The van der Waals surface area contributed by atoms with E-state index in [-0.39, 0.29) is 5.91 Å². The Labute approximate surface area is 171 Å². The lowest BCUT2D eigenvalue weighted by molar-refractivity contribution is -0.128. The summed E-state index contributed by atoms with van der Waals surface area (Å²) in [5.74, 6) is 1.63. The quantitative estimate of drug-likeness (QED) is 0.529. The molecule has 6 heteroatoms. The molecule has 1 saturated heterocycles. The largest absolute Gasteiger partial charge is 0.356 e. The number of thiophene rings is 1. The SMILES string of the molecule is CN=C(NCc1cccc(CN2CCCC2=O)c1)NCC(C)Cc1cccs1. The van der Waals surface area contributed by atoms with Crippen LogP contribution in [0.2, 0.25) is 0 Å². The third kappa shape index (κ3) is 6.09. The average Bonchev–Trinajstić information content (AvgIpc) is 3.34. The molecular weight excluding hydrogens is 368 g/mol. The summed E-state index contributed by atoms with van der Waals surface area (Å²) >= 11 is 1.81. The number of rotatable bonds is 8. The second-order valence-corrected chi connectivity index (χ2v) is 8.47. The van der Waals surface area contributed by atoms with E-state index in [2.05, 4.69) is 64.3 Å². The maximum absolute atomic E-state index is 11.8. The standard InChI is InChI=1S/C22H30N4OS/c1-17(12-20-8-5-11-28-20)14-24-22(23-2)25-15-18-6-3-7-19(13-18)16-26-10-4-9-21(26)27/h3,5-8,11,13,17H,4,9-10,12,14-16H2,1-2H3,(H2,23,24,25). The molecule has 2 aromatic rings. The van der Waals surface area contributed by atoms with Crippen molar-refractivity contribution >= 4 is 23.2 Å². The van der Waals surface area contributed by atoms with Crippen molar-refractivity contribution < 1.29 is 4.79 Å². The van der Waals surface area contributed by atoms with Crippen LogP contribution in [0.5, 0.6) is 0 Å². The molecule has 150 valence electrons. The van der Waals surface area contributed by atoms with E-state index in [0.29, 0.717) is 25.4 Å². The van der Waals surface area contributed by atoms with E-state index in [1.807, 2.05) is 16.2 Å². The number of benzene rings is 1. The van der Waals surface area contributed by atoms with Crippen LogP contribution in [0.4, 0.5) is 0 Å². The van der Waals surface area contributed by atoms with Gasteiger partial charge in [-0.25, -0.2) is 0 Å². The maximum Gasteiger partial charge on any atom is 0.222 e. The summed E-state index contributed by atoms with van der Waals surface area (Å²) in [6, 6.07) is 12.7. The molecule has 1 aromatic heterocycles. The molecule has 0 radical (unpaired) electrons. The van der Waals surface area contributed by atoms with Crippen LogP contribution in [0.25, 0.3) is 0 Å². The minimum Gasteiger partial charge on any atom is -0.356 e. The summed E-state index contributed by atoms with van der Waals surface area (Å²) in [4.78, 5) is 19.5. The molecule has 1 atom stereocenters. The minimum absolute atomic E-state index is 0.268. The molecule has 2 heterocycles. The first-order chi connectivity index (χ1) is 13.6. The van der Waals surface area contributed by atoms with Crippen LogP contribution in [0.3, 0.4) is 0 Å². The molecule has 1 fully saturated rings. The van der Waals surface area contributed by atoms with E-state index >= 15 is 0 Å². The number of aliphatic imine (C=N–C) groups is 1. The van der Waals surface area contributed by atoms with Gasteiger partial charge in [0.05, 0.1) is 0 Å². The van der Waals surface area contributed by atoms with Gasteiger partial charge in [-0.3, -0.25) is 9.79 Å². The zero-order chi connectivity index (χ0) is 19.8. The number of amides is 1. The van der Waals surface area contributed by atoms with Gasteiger partial charge in [0.2, 0.25) is 5.91 Å². The van der Waals surface area contributed by atoms with Crippen LogP contribution in [0.15, 0.2) is 46.8 Å². The highest BCUT2D eigenvalue weighted by molar-refractivity contribution is 7.09. The third-order valence-corrected chi connectivity index (χ3v) is 5.87. The van der Waals surface area contributed by atoms with Gasteiger partial charge in [0, 0.05) is 44.5 Å². The Kier molecular flexibility index (Phi) is 7.48. The highest BCUT2D eigenvalue weighted by atomic mass is 32.1. The van der Waals surface area contributed by atoms with E-state index in [0.717, 1.165) is 31.9 Å². The van der Waals surface area contributed by atoms with Gasteiger partial charge in [0.15, 0.2) is 5.96 Å². The van der Waals surface area contributed by atoms with Gasteiger partial charge in [-0.1, -0.05) is 37.3 Å². The summed E-state index contributed by atoms with van der Waals surface area (Å²) in [6.45, 7) is 5.43. The molecule has 1 aromatic carbocycles. The van der Waals surface area contributed by atoms with Gasteiger partial charge in [0.25, 0.3) is 0 Å². The predicted molar refractivity (Wildman–Crippen MR) is 116 cm³/mol. The third-order valence-electron chi connectivity index (χ3n) is 4.97. The fourth-order valence-corrected chi connectivity index (χ4v) is 4.32. The number of carbonyl (C=O) groups is 1. The molecule has 28 heavy (non-hydrogen) atoms. The molecule has 5 nitrogen and oxygen atoms in total. The average molecular weight is 399 g/mol. The summed E-state index contributed by atoms with van der Waals surface area (Å²) < 4.78 is 0. The first kappa shape index (κ1) is 20.4. The smallest absolute Gasteiger partial charge is 0.222 e. The van der Waals surface area contributed by atoms with Crippen LogP contribution in [0.1, 0.15) is 35.8 Å². The van der Waals surface area contributed by atoms with Gasteiger partial charge in [0.1, 0.15) is 0 Å². The van der Waals surface area contributed by atoms with Crippen LogP contribution in [-0.4, -0.2) is 36.9 Å². The van der Waals surface area contributed by atoms with Crippen molar-refractivity contribution in [1.82, 2.24) is 15.5 Å². The molecule has 1 amide bonds. The second-order valence-electron chi connectivity index (χ2n) is 7.43. The van der Waals surface area contributed by atoms with Gasteiger partial charge in [-0.2, -0.15) is 0 Å². The molecule has 0 bridgehead atoms. The molecule has 1 aliphatic heterocycles. The summed E-state index contributed by atoms with van der Waals surface area (Å²) in [5.41, 5.74) is 2.38. The number of hydrogen-bond donors (Lipinski definition) is 2. The number of nitrogens with zero attached hydrogens (tertiary/aromatic N) is 2. The van der Waals surface area contributed by atoms with Gasteiger partial charge in [-0.05, 0) is 41.3 Å². The molecule has 0 aliphatic carbocycles. The normalized spacial score (nSPS) is 15.7. The zero-order valence-electron chi connectivity index (χ0n) is 16.8. The molecule has 0 spiro atoms. The predicted octanol–water partition coefficient (Wildman–Crippen LogP) is 3.41. The lowest BCUT2D eigenvalue weighted by Gasteiger charge is -2.17. The summed E-state index contributed by atoms with van der Waals surface area (Å²) in [7, 11) is 1.80. The van der Waals surface area contributed by atoms with Crippen LogP contribution >= 0.6 is 11.3 Å². The monoisotopic (exact) mass is 398 g/mol. The Morgan fingerprint density at radius 3 is 2.82 bits per heavy atom. The Bertz CT molecular complexity index is 788. The van der Waals surface area contributed by atoms with Crippen molar-refractivity contribution in [3.63, 3.8) is 0 Å². The van der Waals surface area contributed by atoms with Crippen LogP contribution in [0, 0.1) is 5.92 Å².